The number of hydrogen-bond donors (Lipinski definition) is 3. The molecule has 0 aliphatic rings. The first-order valence-corrected chi connectivity index (χ1v) is 14.1. The summed E-state index contributed by atoms with van der Waals surface area (Å²) in [5.41, 5.74) is 7.77. The molecule has 2 rings (SSSR count). The van der Waals surface area contributed by atoms with Crippen molar-refractivity contribution in [3.8, 4) is 0 Å². The van der Waals surface area contributed by atoms with Crippen LogP contribution in [0.5, 0.6) is 0 Å². The molecule has 0 fully saturated rings. The SMILES string of the molecule is Cc1ccc(C(C(=O)Nc2ccccc2C)N(C(=O)C(CC(N)=O)NC(=O)OC(C)(C)C)C(C)CCC(C)C)cc1. The van der Waals surface area contributed by atoms with Crippen molar-refractivity contribution in [2.45, 2.75) is 98.4 Å². The predicted molar refractivity (Wildman–Crippen MR) is 161 cm³/mol. The lowest BCUT2D eigenvalue weighted by Gasteiger charge is -2.38. The van der Waals surface area contributed by atoms with E-state index in [1.807, 2.05) is 63.2 Å². The first-order valence-electron chi connectivity index (χ1n) is 14.1. The van der Waals surface area contributed by atoms with Gasteiger partial charge in [0.05, 0.1) is 6.42 Å². The first kappa shape index (κ1) is 33.3. The van der Waals surface area contributed by atoms with Crippen molar-refractivity contribution in [3.05, 3.63) is 65.2 Å². The maximum absolute atomic E-state index is 14.3. The maximum atomic E-state index is 14.3. The van der Waals surface area contributed by atoms with Crippen molar-refractivity contribution in [1.82, 2.24) is 10.2 Å². The summed E-state index contributed by atoms with van der Waals surface area (Å²) < 4.78 is 5.36. The Morgan fingerprint density at radius 1 is 0.927 bits per heavy atom. The van der Waals surface area contributed by atoms with Crippen LogP contribution in [0, 0.1) is 19.8 Å². The fourth-order valence-corrected chi connectivity index (χ4v) is 4.44. The molecule has 2 aromatic carbocycles. The molecule has 3 unspecified atom stereocenters. The average Bonchev–Trinajstić information content (AvgIpc) is 2.85. The minimum absolute atomic E-state index is 0.356. The number of alkyl carbamates (subject to hydrolysis) is 1. The number of primary amides is 1. The van der Waals surface area contributed by atoms with Gasteiger partial charge >= 0.3 is 6.09 Å². The van der Waals surface area contributed by atoms with Gasteiger partial charge in [0.15, 0.2) is 0 Å². The summed E-state index contributed by atoms with van der Waals surface area (Å²) >= 11 is 0. The minimum atomic E-state index is -1.33. The summed E-state index contributed by atoms with van der Waals surface area (Å²) in [7, 11) is 0. The molecule has 9 nitrogen and oxygen atoms in total. The molecule has 3 atom stereocenters. The number of hydrogen-bond acceptors (Lipinski definition) is 5. The highest BCUT2D eigenvalue weighted by molar-refractivity contribution is 6.00. The summed E-state index contributed by atoms with van der Waals surface area (Å²) in [5, 5.41) is 5.53. The molecule has 0 aromatic heterocycles. The molecule has 4 N–H and O–H groups in total. The maximum Gasteiger partial charge on any atom is 0.408 e. The van der Waals surface area contributed by atoms with Crippen LogP contribution in [0.1, 0.15) is 83.5 Å². The number of nitrogens with two attached hydrogens (primary N) is 1. The second-order valence-corrected chi connectivity index (χ2v) is 12.1. The van der Waals surface area contributed by atoms with Gasteiger partial charge in [-0.15, -0.1) is 0 Å². The number of ether oxygens (including phenoxy) is 1. The van der Waals surface area contributed by atoms with Crippen molar-refractivity contribution in [3.63, 3.8) is 0 Å². The molecule has 0 aliphatic heterocycles. The predicted octanol–water partition coefficient (Wildman–Crippen LogP) is 5.41. The molecule has 4 amide bonds. The standard InChI is InChI=1S/C32H46N4O5/c1-20(2)13-16-23(5)36(30(39)26(19-27(33)37)35-31(40)41-32(6,7)8)28(24-17-14-21(3)15-18-24)29(38)34-25-12-10-9-11-22(25)4/h9-12,14-15,17-18,20,23,26,28H,13,16,19H2,1-8H3,(H2,33,37)(H,34,38)(H,35,40). The molecule has 0 heterocycles. The molecule has 9 heteroatoms. The molecule has 0 aliphatic carbocycles. The van der Waals surface area contributed by atoms with Crippen molar-refractivity contribution in [2.75, 3.05) is 5.32 Å². The number of carbonyl (C=O) groups is 4. The summed E-state index contributed by atoms with van der Waals surface area (Å²) in [6.45, 7) is 15.0. The molecular formula is C32H46N4O5. The van der Waals surface area contributed by atoms with E-state index in [0.29, 0.717) is 23.6 Å². The van der Waals surface area contributed by atoms with Crippen LogP contribution in [-0.2, 0) is 19.1 Å². The summed E-state index contributed by atoms with van der Waals surface area (Å²) in [6.07, 6.45) is 0.0819. The number of nitrogens with one attached hydrogen (secondary N) is 2. The lowest BCUT2D eigenvalue weighted by Crippen LogP contribution is -2.55. The summed E-state index contributed by atoms with van der Waals surface area (Å²) in [4.78, 5) is 54.7. The van der Waals surface area contributed by atoms with E-state index in [4.69, 9.17) is 10.5 Å². The minimum Gasteiger partial charge on any atom is -0.444 e. The summed E-state index contributed by atoms with van der Waals surface area (Å²) in [6, 6.07) is 12.0. The lowest BCUT2D eigenvalue weighted by molar-refractivity contribution is -0.144. The van der Waals surface area contributed by atoms with Crippen molar-refractivity contribution in [2.24, 2.45) is 11.7 Å². The molecule has 0 spiro atoms. The molecule has 0 radical (unpaired) electrons. The van der Waals surface area contributed by atoms with Crippen LogP contribution in [0.4, 0.5) is 10.5 Å². The van der Waals surface area contributed by atoms with E-state index < -0.39 is 54.0 Å². The van der Waals surface area contributed by atoms with E-state index in [1.165, 1.54) is 4.90 Å². The number of aryl methyl sites for hydroxylation is 2. The van der Waals surface area contributed by atoms with Gasteiger partial charge in [0.1, 0.15) is 17.7 Å². The van der Waals surface area contributed by atoms with Gasteiger partial charge in [0.25, 0.3) is 5.91 Å². The zero-order chi connectivity index (χ0) is 30.9. The normalized spacial score (nSPS) is 13.6. The Morgan fingerprint density at radius 2 is 1.54 bits per heavy atom. The van der Waals surface area contributed by atoms with E-state index in [2.05, 4.69) is 24.5 Å². The Balaban J connectivity index is 2.63. The third-order valence-electron chi connectivity index (χ3n) is 6.61. The highest BCUT2D eigenvalue weighted by atomic mass is 16.6. The topological polar surface area (TPSA) is 131 Å². The number of amides is 4. The number of para-hydroxylation sites is 1. The van der Waals surface area contributed by atoms with E-state index in [9.17, 15) is 19.2 Å². The number of nitrogens with zero attached hydrogens (tertiary/aromatic N) is 1. The Morgan fingerprint density at radius 3 is 2.07 bits per heavy atom. The van der Waals surface area contributed by atoms with Crippen LogP contribution in [0.3, 0.4) is 0 Å². The third kappa shape index (κ3) is 10.6. The van der Waals surface area contributed by atoms with Crippen molar-refractivity contribution < 1.29 is 23.9 Å². The molecule has 0 saturated heterocycles. The Bertz CT molecular complexity index is 1200. The largest absolute Gasteiger partial charge is 0.444 e. The van der Waals surface area contributed by atoms with E-state index in [1.54, 1.807) is 26.8 Å². The smallest absolute Gasteiger partial charge is 0.408 e. The van der Waals surface area contributed by atoms with E-state index in [-0.39, 0.29) is 0 Å². The van der Waals surface area contributed by atoms with E-state index in [0.717, 1.165) is 17.5 Å². The van der Waals surface area contributed by atoms with Crippen LogP contribution in [0.15, 0.2) is 48.5 Å². The van der Waals surface area contributed by atoms with Gasteiger partial charge in [0, 0.05) is 11.7 Å². The Hall–Kier alpha value is -3.88. The first-order chi connectivity index (χ1) is 19.1. The van der Waals surface area contributed by atoms with Gasteiger partial charge in [-0.3, -0.25) is 14.4 Å². The van der Waals surface area contributed by atoms with Gasteiger partial charge in [-0.2, -0.15) is 0 Å². The Labute approximate surface area is 244 Å². The monoisotopic (exact) mass is 566 g/mol. The second-order valence-electron chi connectivity index (χ2n) is 12.1. The van der Waals surface area contributed by atoms with Gasteiger partial charge in [0.2, 0.25) is 11.8 Å². The highest BCUT2D eigenvalue weighted by Crippen LogP contribution is 2.30. The van der Waals surface area contributed by atoms with Crippen LogP contribution < -0.4 is 16.4 Å². The van der Waals surface area contributed by atoms with Crippen LogP contribution in [0.25, 0.3) is 0 Å². The zero-order valence-electron chi connectivity index (χ0n) is 25.6. The average molecular weight is 567 g/mol. The third-order valence-corrected chi connectivity index (χ3v) is 6.61. The molecular weight excluding hydrogens is 520 g/mol. The van der Waals surface area contributed by atoms with Gasteiger partial charge in [-0.25, -0.2) is 4.79 Å². The highest BCUT2D eigenvalue weighted by Gasteiger charge is 2.39. The fourth-order valence-electron chi connectivity index (χ4n) is 4.44. The van der Waals surface area contributed by atoms with Gasteiger partial charge in [-0.1, -0.05) is 61.9 Å². The zero-order valence-corrected chi connectivity index (χ0v) is 25.6. The van der Waals surface area contributed by atoms with Gasteiger partial charge in [-0.05, 0) is 77.5 Å². The number of benzene rings is 2. The number of rotatable bonds is 12. The number of carbonyl (C=O) groups excluding carboxylic acids is 4. The quantitative estimate of drug-likeness (QED) is 0.316. The summed E-state index contributed by atoms with van der Waals surface area (Å²) in [5.74, 6) is -1.43. The van der Waals surface area contributed by atoms with E-state index >= 15 is 0 Å². The molecule has 41 heavy (non-hydrogen) atoms. The van der Waals surface area contributed by atoms with Crippen LogP contribution >= 0.6 is 0 Å². The fraction of sp³-hybridized carbons (Fsp3) is 0.500. The van der Waals surface area contributed by atoms with Crippen LogP contribution in [-0.4, -0.2) is 46.4 Å². The van der Waals surface area contributed by atoms with Crippen LogP contribution in [0.2, 0.25) is 0 Å². The molecule has 0 bridgehead atoms. The Kier molecular flexibility index (Phi) is 11.9. The van der Waals surface area contributed by atoms with Gasteiger partial charge < -0.3 is 26.0 Å². The molecule has 224 valence electrons. The molecule has 0 saturated carbocycles. The molecule has 2 aromatic rings. The van der Waals surface area contributed by atoms with Crippen molar-refractivity contribution in [1.29, 1.82) is 0 Å². The van der Waals surface area contributed by atoms with Crippen molar-refractivity contribution >= 4 is 29.5 Å². The lowest BCUT2D eigenvalue weighted by atomic mass is 9.96. The number of anilines is 1. The second kappa shape index (κ2) is 14.7.